The second kappa shape index (κ2) is 11.0. The highest BCUT2D eigenvalue weighted by Crippen LogP contribution is 2.24. The minimum Gasteiger partial charge on any atom is -0.355 e. The summed E-state index contributed by atoms with van der Waals surface area (Å²) in [5, 5.41) is 3.41. The van der Waals surface area contributed by atoms with Crippen LogP contribution in [-0.2, 0) is 17.1 Å². The summed E-state index contributed by atoms with van der Waals surface area (Å²) in [7, 11) is 0. The number of hydrogen-bond donors (Lipinski definition) is 1. The van der Waals surface area contributed by atoms with Crippen molar-refractivity contribution in [2.24, 2.45) is 5.92 Å². The Hall–Kier alpha value is -1.63. The summed E-state index contributed by atoms with van der Waals surface area (Å²) in [4.78, 5) is 14.6. The molecule has 3 rings (SSSR count). The minimum atomic E-state index is -0.300. The number of carbonyl (C=O) groups excluding carboxylic acids is 1. The van der Waals surface area contributed by atoms with Crippen molar-refractivity contribution in [3.63, 3.8) is 0 Å². The van der Waals surface area contributed by atoms with Crippen LogP contribution in [0, 0.1) is 17.6 Å². The zero-order chi connectivity index (χ0) is 20.6. The van der Waals surface area contributed by atoms with Crippen molar-refractivity contribution in [2.75, 3.05) is 25.4 Å². The van der Waals surface area contributed by atoms with Crippen molar-refractivity contribution >= 4 is 29.3 Å². The maximum atomic E-state index is 13.9. The topological polar surface area (TPSA) is 32.3 Å². The Balaban J connectivity index is 1.39. The lowest BCUT2D eigenvalue weighted by atomic mass is 9.96. The van der Waals surface area contributed by atoms with Crippen LogP contribution in [0.3, 0.4) is 0 Å². The van der Waals surface area contributed by atoms with Gasteiger partial charge in [-0.3, -0.25) is 9.69 Å². The van der Waals surface area contributed by atoms with Gasteiger partial charge in [-0.15, -0.1) is 0 Å². The fraction of sp³-hybridized carbons (Fsp3) is 0.409. The van der Waals surface area contributed by atoms with E-state index in [0.717, 1.165) is 19.4 Å². The van der Waals surface area contributed by atoms with Gasteiger partial charge >= 0.3 is 0 Å². The van der Waals surface area contributed by atoms with E-state index in [1.165, 1.54) is 23.9 Å². The van der Waals surface area contributed by atoms with Crippen molar-refractivity contribution < 1.29 is 13.6 Å². The molecule has 1 saturated heterocycles. The van der Waals surface area contributed by atoms with E-state index in [0.29, 0.717) is 47.3 Å². The van der Waals surface area contributed by atoms with Crippen molar-refractivity contribution in [1.29, 1.82) is 0 Å². The first-order valence-electron chi connectivity index (χ1n) is 9.78. The first kappa shape index (κ1) is 22.1. The van der Waals surface area contributed by atoms with Gasteiger partial charge in [0.25, 0.3) is 0 Å². The lowest BCUT2D eigenvalue weighted by Crippen LogP contribution is -2.43. The molecule has 1 amide bonds. The Morgan fingerprint density at radius 1 is 1.17 bits per heavy atom. The Labute approximate surface area is 179 Å². The predicted octanol–water partition coefficient (Wildman–Crippen LogP) is 4.88. The highest BCUT2D eigenvalue weighted by molar-refractivity contribution is 7.98. The fourth-order valence-electron chi connectivity index (χ4n) is 3.52. The number of hydrogen-bond acceptors (Lipinski definition) is 3. The van der Waals surface area contributed by atoms with E-state index in [1.807, 2.05) is 6.07 Å². The van der Waals surface area contributed by atoms with E-state index in [-0.39, 0.29) is 23.5 Å². The third-order valence-electron chi connectivity index (χ3n) is 5.08. The van der Waals surface area contributed by atoms with Crippen molar-refractivity contribution in [2.45, 2.75) is 25.1 Å². The maximum absolute atomic E-state index is 13.9. The van der Waals surface area contributed by atoms with Crippen LogP contribution in [0.2, 0.25) is 5.02 Å². The predicted molar refractivity (Wildman–Crippen MR) is 115 cm³/mol. The van der Waals surface area contributed by atoms with Gasteiger partial charge in [-0.05, 0) is 37.6 Å². The number of thioether (sulfide) groups is 1. The lowest BCUT2D eigenvalue weighted by molar-refractivity contribution is -0.126. The molecule has 3 nitrogen and oxygen atoms in total. The summed E-state index contributed by atoms with van der Waals surface area (Å²) in [6.07, 6.45) is 1.77. The molecule has 0 spiro atoms. The van der Waals surface area contributed by atoms with Gasteiger partial charge in [-0.25, -0.2) is 8.78 Å². The van der Waals surface area contributed by atoms with Crippen LogP contribution in [0.4, 0.5) is 8.78 Å². The summed E-state index contributed by atoms with van der Waals surface area (Å²) in [6, 6.07) is 11.4. The molecule has 1 fully saturated rings. The molecular weight excluding hydrogens is 414 g/mol. The molecule has 29 heavy (non-hydrogen) atoms. The van der Waals surface area contributed by atoms with E-state index in [4.69, 9.17) is 11.6 Å². The summed E-state index contributed by atoms with van der Waals surface area (Å²) in [5.41, 5.74) is 1.17. The third-order valence-corrected chi connectivity index (χ3v) is 6.42. The lowest BCUT2D eigenvalue weighted by Gasteiger charge is -2.32. The first-order chi connectivity index (χ1) is 14.0. The molecule has 1 heterocycles. The van der Waals surface area contributed by atoms with Crippen LogP contribution < -0.4 is 5.32 Å². The summed E-state index contributed by atoms with van der Waals surface area (Å²) in [6.45, 7) is 2.56. The molecule has 1 unspecified atom stereocenters. The number of piperidine rings is 1. The van der Waals surface area contributed by atoms with Gasteiger partial charge in [0.1, 0.15) is 11.6 Å². The van der Waals surface area contributed by atoms with Gasteiger partial charge in [-0.1, -0.05) is 35.9 Å². The number of halogens is 3. The largest absolute Gasteiger partial charge is 0.355 e. The molecule has 0 saturated carbocycles. The van der Waals surface area contributed by atoms with Gasteiger partial charge in [0.15, 0.2) is 0 Å². The summed E-state index contributed by atoms with van der Waals surface area (Å²) in [5.74, 6) is 0.607. The number of rotatable bonds is 8. The van der Waals surface area contributed by atoms with Crippen molar-refractivity contribution in [3.8, 4) is 0 Å². The SMILES string of the molecule is O=C(NCCSCc1c(F)cccc1Cl)C1CCCN(Cc2ccccc2F)C1. The number of nitrogens with one attached hydrogen (secondary N) is 1. The molecular formula is C22H25ClF2N2OS. The number of nitrogens with zero attached hydrogens (tertiary/aromatic N) is 1. The average molecular weight is 439 g/mol. The molecule has 1 N–H and O–H groups in total. The van der Waals surface area contributed by atoms with Crippen LogP contribution in [-0.4, -0.2) is 36.2 Å². The molecule has 2 aromatic carbocycles. The Morgan fingerprint density at radius 3 is 2.76 bits per heavy atom. The van der Waals surface area contributed by atoms with Gasteiger partial charge < -0.3 is 5.32 Å². The van der Waals surface area contributed by atoms with Crippen LogP contribution >= 0.6 is 23.4 Å². The monoisotopic (exact) mass is 438 g/mol. The maximum Gasteiger partial charge on any atom is 0.224 e. The standard InChI is InChI=1S/C22H25ClF2N2OS/c23-19-7-3-9-21(25)18(19)15-29-12-10-26-22(28)17-6-4-11-27(14-17)13-16-5-1-2-8-20(16)24/h1-3,5,7-9,17H,4,6,10-15H2,(H,26,28). The zero-order valence-electron chi connectivity index (χ0n) is 16.2. The van der Waals surface area contributed by atoms with E-state index >= 15 is 0 Å². The molecule has 7 heteroatoms. The summed E-state index contributed by atoms with van der Waals surface area (Å²) < 4.78 is 27.6. The normalized spacial score (nSPS) is 17.3. The Bertz CT molecular complexity index is 816. The van der Waals surface area contributed by atoms with E-state index in [2.05, 4.69) is 10.2 Å². The van der Waals surface area contributed by atoms with Gasteiger partial charge in [0, 0.05) is 47.3 Å². The number of benzene rings is 2. The Kier molecular flexibility index (Phi) is 8.33. The van der Waals surface area contributed by atoms with E-state index in [9.17, 15) is 13.6 Å². The third kappa shape index (κ3) is 6.43. The highest BCUT2D eigenvalue weighted by atomic mass is 35.5. The molecule has 0 bridgehead atoms. The van der Waals surface area contributed by atoms with E-state index < -0.39 is 0 Å². The number of amides is 1. The molecule has 1 aliphatic rings. The molecule has 2 aromatic rings. The van der Waals surface area contributed by atoms with Gasteiger partial charge in [0.05, 0.1) is 5.92 Å². The van der Waals surface area contributed by atoms with Crippen LogP contribution in [0.15, 0.2) is 42.5 Å². The van der Waals surface area contributed by atoms with Gasteiger partial charge in [0.2, 0.25) is 5.91 Å². The van der Waals surface area contributed by atoms with Crippen molar-refractivity contribution in [1.82, 2.24) is 10.2 Å². The second-order valence-electron chi connectivity index (χ2n) is 7.21. The number of likely N-dealkylation sites (tertiary alicyclic amines) is 1. The average Bonchev–Trinajstić information content (AvgIpc) is 2.71. The molecule has 0 aromatic heterocycles. The minimum absolute atomic E-state index is 0.0350. The van der Waals surface area contributed by atoms with Crippen LogP contribution in [0.1, 0.15) is 24.0 Å². The zero-order valence-corrected chi connectivity index (χ0v) is 17.7. The molecule has 0 aliphatic carbocycles. The first-order valence-corrected chi connectivity index (χ1v) is 11.3. The van der Waals surface area contributed by atoms with Crippen LogP contribution in [0.5, 0.6) is 0 Å². The summed E-state index contributed by atoms with van der Waals surface area (Å²) >= 11 is 7.56. The Morgan fingerprint density at radius 2 is 1.97 bits per heavy atom. The highest BCUT2D eigenvalue weighted by Gasteiger charge is 2.25. The fourth-order valence-corrected chi connectivity index (χ4v) is 4.71. The quantitative estimate of drug-likeness (QED) is 0.596. The molecule has 1 atom stereocenters. The van der Waals surface area contributed by atoms with E-state index in [1.54, 1.807) is 24.3 Å². The van der Waals surface area contributed by atoms with Crippen LogP contribution in [0.25, 0.3) is 0 Å². The number of carbonyl (C=O) groups is 1. The van der Waals surface area contributed by atoms with Gasteiger partial charge in [-0.2, -0.15) is 11.8 Å². The smallest absolute Gasteiger partial charge is 0.224 e. The second-order valence-corrected chi connectivity index (χ2v) is 8.72. The van der Waals surface area contributed by atoms with Crippen molar-refractivity contribution in [3.05, 3.63) is 70.2 Å². The molecule has 0 radical (unpaired) electrons. The molecule has 156 valence electrons. The molecule has 1 aliphatic heterocycles.